The summed E-state index contributed by atoms with van der Waals surface area (Å²) in [5.41, 5.74) is 1.99. The number of alkyl halides is 3. The fourth-order valence-corrected chi connectivity index (χ4v) is 4.73. The van der Waals surface area contributed by atoms with Crippen molar-refractivity contribution in [2.24, 2.45) is 5.92 Å². The molecule has 12 heteroatoms. The van der Waals surface area contributed by atoms with Gasteiger partial charge in [0.25, 0.3) is 5.91 Å². The van der Waals surface area contributed by atoms with Crippen LogP contribution in [0.15, 0.2) is 48.8 Å². The SMILES string of the molecule is Cc1ccc(C(=O)Nc2ccc(CN3CCN(C)CC3)c(C(F)(F)F)c2)cc1NCc1cnc(NC(=O)C2CC2)cn1. The molecule has 1 saturated heterocycles. The van der Waals surface area contributed by atoms with Gasteiger partial charge < -0.3 is 20.9 Å². The molecule has 2 fully saturated rings. The number of hydrogen-bond donors (Lipinski definition) is 3. The van der Waals surface area contributed by atoms with Gasteiger partial charge >= 0.3 is 6.18 Å². The van der Waals surface area contributed by atoms with E-state index in [1.54, 1.807) is 24.4 Å². The van der Waals surface area contributed by atoms with Gasteiger partial charge in [-0.05, 0) is 62.2 Å². The summed E-state index contributed by atoms with van der Waals surface area (Å²) >= 11 is 0. The van der Waals surface area contributed by atoms with Crippen molar-refractivity contribution in [3.05, 3.63) is 76.7 Å². The van der Waals surface area contributed by atoms with Crippen molar-refractivity contribution in [1.82, 2.24) is 19.8 Å². The Labute approximate surface area is 242 Å². The van der Waals surface area contributed by atoms with Gasteiger partial charge in [0, 0.05) is 55.6 Å². The molecule has 1 aliphatic heterocycles. The lowest BCUT2D eigenvalue weighted by Crippen LogP contribution is -2.44. The second-order valence-electron chi connectivity index (χ2n) is 10.9. The molecule has 3 aromatic rings. The minimum atomic E-state index is -4.55. The van der Waals surface area contributed by atoms with Gasteiger partial charge in [0.1, 0.15) is 0 Å². The third-order valence-corrected chi connectivity index (χ3v) is 7.53. The lowest BCUT2D eigenvalue weighted by atomic mass is 10.0. The molecule has 1 saturated carbocycles. The molecule has 0 bridgehead atoms. The fourth-order valence-electron chi connectivity index (χ4n) is 4.73. The van der Waals surface area contributed by atoms with Crippen LogP contribution in [-0.2, 0) is 24.1 Å². The third-order valence-electron chi connectivity index (χ3n) is 7.53. The van der Waals surface area contributed by atoms with Gasteiger partial charge in [0.15, 0.2) is 5.82 Å². The number of halogens is 3. The number of anilines is 3. The summed E-state index contributed by atoms with van der Waals surface area (Å²) in [6.07, 6.45) is 0.311. The zero-order valence-corrected chi connectivity index (χ0v) is 23.6. The van der Waals surface area contributed by atoms with E-state index in [0.29, 0.717) is 42.4 Å². The summed E-state index contributed by atoms with van der Waals surface area (Å²) in [5, 5.41) is 8.59. The molecule has 3 N–H and O–H groups in total. The Morgan fingerprint density at radius 3 is 2.40 bits per heavy atom. The predicted octanol–water partition coefficient (Wildman–Crippen LogP) is 4.76. The number of nitrogens with zero attached hydrogens (tertiary/aromatic N) is 4. The van der Waals surface area contributed by atoms with Gasteiger partial charge in [-0.25, -0.2) is 4.98 Å². The number of amides is 2. The molecule has 1 aliphatic carbocycles. The van der Waals surface area contributed by atoms with E-state index >= 15 is 0 Å². The lowest BCUT2D eigenvalue weighted by Gasteiger charge is -2.33. The van der Waals surface area contributed by atoms with E-state index in [0.717, 1.165) is 37.6 Å². The van der Waals surface area contributed by atoms with Crippen molar-refractivity contribution in [3.63, 3.8) is 0 Å². The predicted molar refractivity (Wildman–Crippen MR) is 154 cm³/mol. The molecule has 0 unspecified atom stereocenters. The molecule has 9 nitrogen and oxygen atoms in total. The van der Waals surface area contributed by atoms with Crippen molar-refractivity contribution in [1.29, 1.82) is 0 Å². The molecule has 0 spiro atoms. The van der Waals surface area contributed by atoms with Crippen LogP contribution in [0.4, 0.5) is 30.4 Å². The molecule has 42 heavy (non-hydrogen) atoms. The maximum absolute atomic E-state index is 14.0. The maximum Gasteiger partial charge on any atom is 0.416 e. The molecule has 222 valence electrons. The first kappa shape index (κ1) is 29.5. The Morgan fingerprint density at radius 2 is 1.74 bits per heavy atom. The number of aryl methyl sites for hydroxylation is 1. The van der Waals surface area contributed by atoms with E-state index < -0.39 is 17.6 Å². The Kier molecular flexibility index (Phi) is 8.74. The molecule has 2 heterocycles. The summed E-state index contributed by atoms with van der Waals surface area (Å²) < 4.78 is 41.9. The molecule has 0 atom stereocenters. The second-order valence-corrected chi connectivity index (χ2v) is 10.9. The Balaban J connectivity index is 1.22. The number of aromatic nitrogens is 2. The molecule has 0 radical (unpaired) electrons. The topological polar surface area (TPSA) is 102 Å². The maximum atomic E-state index is 14.0. The van der Waals surface area contributed by atoms with Crippen molar-refractivity contribution in [2.75, 3.05) is 49.2 Å². The third kappa shape index (κ3) is 7.62. The molecular weight excluding hydrogens is 547 g/mol. The van der Waals surface area contributed by atoms with Gasteiger partial charge in [0.2, 0.25) is 5.91 Å². The van der Waals surface area contributed by atoms with Crippen molar-refractivity contribution in [3.8, 4) is 0 Å². The highest BCUT2D eigenvalue weighted by atomic mass is 19.4. The smallest absolute Gasteiger partial charge is 0.379 e. The number of benzene rings is 2. The van der Waals surface area contributed by atoms with Crippen molar-refractivity contribution < 1.29 is 22.8 Å². The molecule has 5 rings (SSSR count). The van der Waals surface area contributed by atoms with Crippen LogP contribution in [0.25, 0.3) is 0 Å². The summed E-state index contributed by atoms with van der Waals surface area (Å²) in [6, 6.07) is 9.00. The monoisotopic (exact) mass is 581 g/mol. The first-order chi connectivity index (χ1) is 20.0. The van der Waals surface area contributed by atoms with Crippen molar-refractivity contribution >= 4 is 29.0 Å². The van der Waals surface area contributed by atoms with Crippen LogP contribution < -0.4 is 16.0 Å². The number of nitrogens with one attached hydrogen (secondary N) is 3. The number of carbonyl (C=O) groups excluding carboxylic acids is 2. The Morgan fingerprint density at radius 1 is 0.976 bits per heavy atom. The standard InChI is InChI=1S/C30H34F3N7O2/c1-19-3-4-21(13-26(19)35-15-24-16-36-27(17-34-24)38-28(41)20-5-6-20)29(42)37-23-8-7-22(25(14-23)30(31,32)33)18-40-11-9-39(2)10-12-40/h3-4,7-8,13-14,16-17,20,35H,5-6,9-12,15,18H2,1-2H3,(H,37,42)(H,36,38,41). The quantitative estimate of drug-likeness (QED) is 0.335. The summed E-state index contributed by atoms with van der Waals surface area (Å²) in [6.45, 7) is 5.41. The normalized spacial score (nSPS) is 16.2. The second kappa shape index (κ2) is 12.5. The average Bonchev–Trinajstić information content (AvgIpc) is 3.81. The van der Waals surface area contributed by atoms with E-state index in [1.807, 2.05) is 18.9 Å². The van der Waals surface area contributed by atoms with Crippen LogP contribution in [-0.4, -0.2) is 64.8 Å². The number of piperazine rings is 1. The van der Waals surface area contributed by atoms with Crippen LogP contribution in [0.2, 0.25) is 0 Å². The minimum absolute atomic E-state index is 0.0443. The summed E-state index contributed by atoms with van der Waals surface area (Å²) in [4.78, 5) is 37.7. The first-order valence-electron chi connectivity index (χ1n) is 13.9. The first-order valence-corrected chi connectivity index (χ1v) is 13.9. The van der Waals surface area contributed by atoms with Crippen molar-refractivity contribution in [2.45, 2.75) is 39.0 Å². The highest BCUT2D eigenvalue weighted by Gasteiger charge is 2.34. The lowest BCUT2D eigenvalue weighted by molar-refractivity contribution is -0.138. The van der Waals surface area contributed by atoms with Gasteiger partial charge in [-0.3, -0.25) is 19.5 Å². The number of hydrogen-bond acceptors (Lipinski definition) is 7. The van der Waals surface area contributed by atoms with E-state index in [1.165, 1.54) is 18.3 Å². The van der Waals surface area contributed by atoms with E-state index in [-0.39, 0.29) is 29.6 Å². The van der Waals surface area contributed by atoms with Gasteiger partial charge in [-0.1, -0.05) is 12.1 Å². The van der Waals surface area contributed by atoms with Gasteiger partial charge in [-0.15, -0.1) is 0 Å². The molecule has 2 aromatic carbocycles. The largest absolute Gasteiger partial charge is 0.416 e. The highest BCUT2D eigenvalue weighted by Crippen LogP contribution is 2.35. The average molecular weight is 582 g/mol. The molecule has 2 aliphatic rings. The summed E-state index contributed by atoms with van der Waals surface area (Å²) in [5.74, 6) is -0.101. The molecule has 1 aromatic heterocycles. The van der Waals surface area contributed by atoms with Gasteiger partial charge in [-0.2, -0.15) is 13.2 Å². The molecular formula is C30H34F3N7O2. The van der Waals surface area contributed by atoms with E-state index in [9.17, 15) is 22.8 Å². The fraction of sp³-hybridized carbons (Fsp3) is 0.400. The zero-order chi connectivity index (χ0) is 29.9. The molecule has 2 amide bonds. The van der Waals surface area contributed by atoms with E-state index in [4.69, 9.17) is 0 Å². The van der Waals surface area contributed by atoms with Crippen LogP contribution in [0.5, 0.6) is 0 Å². The van der Waals surface area contributed by atoms with Crippen LogP contribution in [0.3, 0.4) is 0 Å². The number of rotatable bonds is 9. The number of likely N-dealkylation sites (N-methyl/N-ethyl adjacent to an activating group) is 1. The summed E-state index contributed by atoms with van der Waals surface area (Å²) in [7, 11) is 2.00. The Hall–Kier alpha value is -4.03. The number of carbonyl (C=O) groups is 2. The zero-order valence-electron chi connectivity index (χ0n) is 23.6. The van der Waals surface area contributed by atoms with Gasteiger partial charge in [0.05, 0.1) is 30.2 Å². The van der Waals surface area contributed by atoms with Crippen LogP contribution in [0, 0.1) is 12.8 Å². The highest BCUT2D eigenvalue weighted by molar-refractivity contribution is 6.05. The minimum Gasteiger partial charge on any atom is -0.379 e. The van der Waals surface area contributed by atoms with Crippen LogP contribution >= 0.6 is 0 Å². The van der Waals surface area contributed by atoms with Crippen LogP contribution in [0.1, 0.15) is 45.6 Å². The van der Waals surface area contributed by atoms with E-state index in [2.05, 4.69) is 30.8 Å². The Bertz CT molecular complexity index is 1430.